The monoisotopic (exact) mass is 197 g/mol. The van der Waals surface area contributed by atoms with E-state index in [1.54, 1.807) is 11.8 Å². The number of rotatable bonds is 4. The standard InChI is InChI=1S/C10H15NOS/c1-8-4-3-5-9(10(8)11)12-6-7-13-2/h3-5H,6-7,11H2,1-2H3. The van der Waals surface area contributed by atoms with Gasteiger partial charge in [-0.2, -0.15) is 11.8 Å². The Bertz CT molecular complexity index is 276. The summed E-state index contributed by atoms with van der Waals surface area (Å²) in [4.78, 5) is 0. The number of ether oxygens (including phenoxy) is 1. The van der Waals surface area contributed by atoms with E-state index in [1.807, 2.05) is 25.1 Å². The number of nitrogens with two attached hydrogens (primary N) is 1. The van der Waals surface area contributed by atoms with Crippen molar-refractivity contribution in [2.45, 2.75) is 6.92 Å². The molecule has 2 nitrogen and oxygen atoms in total. The number of benzene rings is 1. The normalized spacial score (nSPS) is 10.0. The van der Waals surface area contributed by atoms with Gasteiger partial charge in [0.1, 0.15) is 5.75 Å². The van der Waals surface area contributed by atoms with Crippen molar-refractivity contribution in [1.29, 1.82) is 0 Å². The van der Waals surface area contributed by atoms with E-state index in [1.165, 1.54) is 0 Å². The van der Waals surface area contributed by atoms with Crippen LogP contribution in [0.2, 0.25) is 0 Å². The lowest BCUT2D eigenvalue weighted by Crippen LogP contribution is -2.03. The molecule has 0 amide bonds. The third-order valence-corrected chi connectivity index (χ3v) is 2.40. The van der Waals surface area contributed by atoms with Crippen LogP contribution >= 0.6 is 11.8 Å². The van der Waals surface area contributed by atoms with Gasteiger partial charge in [-0.3, -0.25) is 0 Å². The molecular formula is C10H15NOS. The highest BCUT2D eigenvalue weighted by molar-refractivity contribution is 7.98. The summed E-state index contributed by atoms with van der Waals surface area (Å²) in [6.07, 6.45) is 2.06. The first-order chi connectivity index (χ1) is 6.25. The maximum Gasteiger partial charge on any atom is 0.142 e. The molecule has 1 rings (SSSR count). The van der Waals surface area contributed by atoms with Crippen LogP contribution in [-0.2, 0) is 0 Å². The van der Waals surface area contributed by atoms with Gasteiger partial charge in [0.2, 0.25) is 0 Å². The van der Waals surface area contributed by atoms with Crippen LogP contribution < -0.4 is 10.5 Å². The van der Waals surface area contributed by atoms with E-state index in [0.29, 0.717) is 0 Å². The minimum Gasteiger partial charge on any atom is -0.491 e. The Morgan fingerprint density at radius 1 is 1.46 bits per heavy atom. The highest BCUT2D eigenvalue weighted by atomic mass is 32.2. The van der Waals surface area contributed by atoms with Crippen molar-refractivity contribution in [1.82, 2.24) is 0 Å². The van der Waals surface area contributed by atoms with Crippen LogP contribution in [0.1, 0.15) is 5.56 Å². The number of hydrogen-bond donors (Lipinski definition) is 1. The summed E-state index contributed by atoms with van der Waals surface area (Å²) in [7, 11) is 0. The maximum absolute atomic E-state index is 5.83. The van der Waals surface area contributed by atoms with Crippen LogP contribution in [-0.4, -0.2) is 18.6 Å². The van der Waals surface area contributed by atoms with Gasteiger partial charge >= 0.3 is 0 Å². The second kappa shape index (κ2) is 5.02. The van der Waals surface area contributed by atoms with Crippen LogP contribution in [0.4, 0.5) is 5.69 Å². The van der Waals surface area contributed by atoms with Gasteiger partial charge in [-0.25, -0.2) is 0 Å². The van der Waals surface area contributed by atoms with Gasteiger partial charge in [-0.15, -0.1) is 0 Å². The van der Waals surface area contributed by atoms with E-state index in [4.69, 9.17) is 10.5 Å². The van der Waals surface area contributed by atoms with Gasteiger partial charge < -0.3 is 10.5 Å². The van der Waals surface area contributed by atoms with Crippen molar-refractivity contribution in [3.05, 3.63) is 23.8 Å². The van der Waals surface area contributed by atoms with Crippen LogP contribution in [0.25, 0.3) is 0 Å². The molecule has 0 saturated carbocycles. The molecule has 0 unspecified atom stereocenters. The molecule has 0 bridgehead atoms. The first-order valence-corrected chi connectivity index (χ1v) is 5.62. The summed E-state index contributed by atoms with van der Waals surface area (Å²) >= 11 is 1.77. The second-order valence-electron chi connectivity index (χ2n) is 2.83. The average Bonchev–Trinajstić information content (AvgIpc) is 2.13. The molecule has 3 heteroatoms. The fourth-order valence-corrected chi connectivity index (χ4v) is 1.26. The van der Waals surface area contributed by atoms with Gasteiger partial charge in [0.05, 0.1) is 12.3 Å². The van der Waals surface area contributed by atoms with Crippen molar-refractivity contribution in [3.8, 4) is 5.75 Å². The van der Waals surface area contributed by atoms with Crippen molar-refractivity contribution in [3.63, 3.8) is 0 Å². The fraction of sp³-hybridized carbons (Fsp3) is 0.400. The Balaban J connectivity index is 2.61. The number of para-hydroxylation sites is 1. The van der Waals surface area contributed by atoms with Crippen LogP contribution in [0.5, 0.6) is 5.75 Å². The summed E-state index contributed by atoms with van der Waals surface area (Å²) in [5.41, 5.74) is 7.66. The first-order valence-electron chi connectivity index (χ1n) is 4.22. The van der Waals surface area contributed by atoms with Gasteiger partial charge in [-0.1, -0.05) is 12.1 Å². The summed E-state index contributed by atoms with van der Waals surface area (Å²) in [5.74, 6) is 1.79. The zero-order valence-corrected chi connectivity index (χ0v) is 8.86. The zero-order valence-electron chi connectivity index (χ0n) is 8.04. The molecule has 1 aromatic rings. The van der Waals surface area contributed by atoms with Gasteiger partial charge in [0.15, 0.2) is 0 Å². The van der Waals surface area contributed by atoms with E-state index < -0.39 is 0 Å². The SMILES string of the molecule is CSCCOc1cccc(C)c1N. The van der Waals surface area contributed by atoms with Gasteiger partial charge in [0, 0.05) is 5.75 Å². The molecule has 13 heavy (non-hydrogen) atoms. The zero-order chi connectivity index (χ0) is 9.68. The summed E-state index contributed by atoms with van der Waals surface area (Å²) in [6, 6.07) is 5.85. The van der Waals surface area contributed by atoms with E-state index in [0.717, 1.165) is 29.4 Å². The van der Waals surface area contributed by atoms with Crippen molar-refractivity contribution in [2.75, 3.05) is 24.3 Å². The molecule has 0 aliphatic carbocycles. The Hall–Kier alpha value is -0.830. The highest BCUT2D eigenvalue weighted by Crippen LogP contribution is 2.24. The van der Waals surface area contributed by atoms with Gasteiger partial charge in [-0.05, 0) is 24.8 Å². The summed E-state index contributed by atoms with van der Waals surface area (Å²) in [5, 5.41) is 0. The topological polar surface area (TPSA) is 35.2 Å². The Labute approximate surface area is 83.5 Å². The summed E-state index contributed by atoms with van der Waals surface area (Å²) in [6.45, 7) is 2.70. The number of aryl methyl sites for hydroxylation is 1. The Morgan fingerprint density at radius 3 is 2.92 bits per heavy atom. The molecule has 72 valence electrons. The lowest BCUT2D eigenvalue weighted by Gasteiger charge is -2.09. The summed E-state index contributed by atoms with van der Waals surface area (Å²) < 4.78 is 5.51. The van der Waals surface area contributed by atoms with E-state index in [-0.39, 0.29) is 0 Å². The molecule has 0 aliphatic rings. The quantitative estimate of drug-likeness (QED) is 0.594. The number of hydrogen-bond acceptors (Lipinski definition) is 3. The number of nitrogen functional groups attached to an aromatic ring is 1. The molecular weight excluding hydrogens is 182 g/mol. The van der Waals surface area contributed by atoms with Crippen molar-refractivity contribution >= 4 is 17.4 Å². The van der Waals surface area contributed by atoms with Crippen LogP contribution in [0.15, 0.2) is 18.2 Å². The molecule has 0 atom stereocenters. The van der Waals surface area contributed by atoms with Crippen molar-refractivity contribution < 1.29 is 4.74 Å². The third kappa shape index (κ3) is 2.84. The minimum absolute atomic E-state index is 0.717. The number of thioether (sulfide) groups is 1. The Morgan fingerprint density at radius 2 is 2.23 bits per heavy atom. The van der Waals surface area contributed by atoms with E-state index in [9.17, 15) is 0 Å². The molecule has 1 aromatic carbocycles. The van der Waals surface area contributed by atoms with Crippen LogP contribution in [0, 0.1) is 6.92 Å². The van der Waals surface area contributed by atoms with Crippen LogP contribution in [0.3, 0.4) is 0 Å². The average molecular weight is 197 g/mol. The molecule has 0 saturated heterocycles. The number of anilines is 1. The maximum atomic E-state index is 5.83. The largest absolute Gasteiger partial charge is 0.491 e. The van der Waals surface area contributed by atoms with E-state index >= 15 is 0 Å². The lowest BCUT2D eigenvalue weighted by atomic mass is 10.2. The minimum atomic E-state index is 0.717. The third-order valence-electron chi connectivity index (χ3n) is 1.83. The van der Waals surface area contributed by atoms with Gasteiger partial charge in [0.25, 0.3) is 0 Å². The molecule has 0 spiro atoms. The van der Waals surface area contributed by atoms with E-state index in [2.05, 4.69) is 6.26 Å². The molecule has 0 heterocycles. The first kappa shape index (κ1) is 10.3. The predicted molar refractivity (Wildman–Crippen MR) is 59.5 cm³/mol. The second-order valence-corrected chi connectivity index (χ2v) is 3.81. The molecule has 2 N–H and O–H groups in total. The molecule has 0 aliphatic heterocycles. The molecule has 0 radical (unpaired) electrons. The molecule has 0 aromatic heterocycles. The predicted octanol–water partition coefficient (Wildman–Crippen LogP) is 2.32. The molecule has 0 fully saturated rings. The Kier molecular flexibility index (Phi) is 3.96. The highest BCUT2D eigenvalue weighted by Gasteiger charge is 2.01. The fourth-order valence-electron chi connectivity index (χ4n) is 1.01. The lowest BCUT2D eigenvalue weighted by molar-refractivity contribution is 0.345. The van der Waals surface area contributed by atoms with Crippen molar-refractivity contribution in [2.24, 2.45) is 0 Å². The smallest absolute Gasteiger partial charge is 0.142 e.